The van der Waals surface area contributed by atoms with Gasteiger partial charge in [0.2, 0.25) is 11.2 Å². The van der Waals surface area contributed by atoms with E-state index in [1.165, 1.54) is 0 Å². The highest BCUT2D eigenvalue weighted by Gasteiger charge is 2.22. The number of aromatic nitrogens is 2. The lowest BCUT2D eigenvalue weighted by molar-refractivity contribution is -0.124. The highest BCUT2D eigenvalue weighted by atomic mass is 35.5. The van der Waals surface area contributed by atoms with Crippen molar-refractivity contribution in [3.63, 3.8) is 0 Å². The molecule has 2 aliphatic heterocycles. The SMILES string of the molecule is O=C1CN(CC(O)Cc2cc3nc(Cl)nc(N4CCOCC4)c3s2)CCN1. The molecule has 27 heavy (non-hydrogen) atoms. The zero-order valence-electron chi connectivity index (χ0n) is 14.9. The number of piperazine rings is 1. The monoisotopic (exact) mass is 411 g/mol. The predicted molar refractivity (Wildman–Crippen MR) is 105 cm³/mol. The van der Waals surface area contributed by atoms with E-state index in [2.05, 4.69) is 20.2 Å². The van der Waals surface area contributed by atoms with Crippen molar-refractivity contribution >= 4 is 44.9 Å². The van der Waals surface area contributed by atoms with Crippen molar-refractivity contribution in [1.82, 2.24) is 20.2 Å². The van der Waals surface area contributed by atoms with Gasteiger partial charge in [0.25, 0.3) is 0 Å². The minimum Gasteiger partial charge on any atom is -0.391 e. The average Bonchev–Trinajstić information content (AvgIpc) is 3.03. The van der Waals surface area contributed by atoms with E-state index >= 15 is 0 Å². The Morgan fingerprint density at radius 1 is 1.33 bits per heavy atom. The Labute approximate surface area is 166 Å². The molecule has 0 spiro atoms. The maximum atomic E-state index is 11.5. The number of nitrogens with zero attached hydrogens (tertiary/aromatic N) is 4. The zero-order chi connectivity index (χ0) is 18.8. The summed E-state index contributed by atoms with van der Waals surface area (Å²) < 4.78 is 6.41. The molecule has 2 fully saturated rings. The summed E-state index contributed by atoms with van der Waals surface area (Å²) >= 11 is 7.72. The van der Waals surface area contributed by atoms with Gasteiger partial charge in [-0.2, -0.15) is 4.98 Å². The molecule has 10 heteroatoms. The molecule has 4 heterocycles. The van der Waals surface area contributed by atoms with Crippen molar-refractivity contribution in [2.75, 3.05) is 57.4 Å². The van der Waals surface area contributed by atoms with Gasteiger partial charge in [-0.3, -0.25) is 9.69 Å². The fourth-order valence-corrected chi connectivity index (χ4v) is 4.82. The number of aliphatic hydroxyl groups excluding tert-OH is 1. The Bertz CT molecular complexity index is 826. The number of aliphatic hydroxyl groups is 1. The van der Waals surface area contributed by atoms with E-state index in [0.717, 1.165) is 40.5 Å². The third-order valence-corrected chi connectivity index (χ3v) is 6.02. The number of rotatable bonds is 5. The molecule has 0 aromatic carbocycles. The number of β-amino-alcohol motifs (C(OH)–C–C–N with tert-alkyl or cyclic N) is 1. The van der Waals surface area contributed by atoms with Crippen molar-refractivity contribution in [3.8, 4) is 0 Å². The molecular weight excluding hydrogens is 390 g/mol. The number of fused-ring (bicyclic) bond motifs is 1. The van der Waals surface area contributed by atoms with Crippen LogP contribution in [-0.4, -0.2) is 84.5 Å². The summed E-state index contributed by atoms with van der Waals surface area (Å²) in [5.74, 6) is 0.849. The Kier molecular flexibility index (Phi) is 5.74. The van der Waals surface area contributed by atoms with Crippen LogP contribution in [0.4, 0.5) is 5.82 Å². The first-order valence-corrected chi connectivity index (χ1v) is 10.2. The Morgan fingerprint density at radius 2 is 2.15 bits per heavy atom. The molecular formula is C17H22ClN5O3S. The van der Waals surface area contributed by atoms with Crippen LogP contribution in [0.5, 0.6) is 0 Å². The van der Waals surface area contributed by atoms with Crippen molar-refractivity contribution in [2.24, 2.45) is 0 Å². The smallest absolute Gasteiger partial charge is 0.234 e. The highest BCUT2D eigenvalue weighted by molar-refractivity contribution is 7.19. The Hall–Kier alpha value is -1.52. The maximum Gasteiger partial charge on any atom is 0.234 e. The van der Waals surface area contributed by atoms with Gasteiger partial charge >= 0.3 is 0 Å². The number of anilines is 1. The Balaban J connectivity index is 1.50. The number of halogens is 1. The minimum atomic E-state index is -0.542. The summed E-state index contributed by atoms with van der Waals surface area (Å²) in [7, 11) is 0. The van der Waals surface area contributed by atoms with Gasteiger partial charge in [-0.15, -0.1) is 11.3 Å². The van der Waals surface area contributed by atoms with Crippen molar-refractivity contribution < 1.29 is 14.6 Å². The van der Waals surface area contributed by atoms with Crippen molar-refractivity contribution in [2.45, 2.75) is 12.5 Å². The maximum absolute atomic E-state index is 11.5. The molecule has 146 valence electrons. The fraction of sp³-hybridized carbons (Fsp3) is 0.588. The standard InChI is InChI=1S/C17H22ClN5O3S/c18-17-20-13-8-12(7-11(24)9-22-2-1-19-14(25)10-22)27-15(13)16(21-17)23-3-5-26-6-4-23/h8,11,24H,1-7,9-10H2,(H,19,25). The van der Waals surface area contributed by atoms with Crippen LogP contribution in [0.25, 0.3) is 10.2 Å². The molecule has 0 aliphatic carbocycles. The fourth-order valence-electron chi connectivity index (χ4n) is 3.47. The molecule has 1 amide bonds. The molecule has 1 unspecified atom stereocenters. The van der Waals surface area contributed by atoms with Gasteiger partial charge in [0.15, 0.2) is 5.82 Å². The van der Waals surface area contributed by atoms with E-state index in [-0.39, 0.29) is 11.2 Å². The molecule has 0 saturated carbocycles. The number of carbonyl (C=O) groups is 1. The molecule has 2 saturated heterocycles. The average molecular weight is 412 g/mol. The summed E-state index contributed by atoms with van der Waals surface area (Å²) in [5, 5.41) is 13.5. The number of hydrogen-bond acceptors (Lipinski definition) is 8. The summed E-state index contributed by atoms with van der Waals surface area (Å²) in [6, 6.07) is 1.98. The van der Waals surface area contributed by atoms with Gasteiger partial charge in [-0.25, -0.2) is 4.98 Å². The van der Waals surface area contributed by atoms with Crippen LogP contribution in [0.1, 0.15) is 4.88 Å². The molecule has 0 radical (unpaired) electrons. The molecule has 2 N–H and O–H groups in total. The topological polar surface area (TPSA) is 90.8 Å². The number of amides is 1. The van der Waals surface area contributed by atoms with Gasteiger partial charge < -0.3 is 20.1 Å². The van der Waals surface area contributed by atoms with Crippen LogP contribution in [0.3, 0.4) is 0 Å². The lowest BCUT2D eigenvalue weighted by Gasteiger charge is -2.28. The number of thiophene rings is 1. The first-order valence-electron chi connectivity index (χ1n) is 9.04. The molecule has 1 atom stereocenters. The van der Waals surface area contributed by atoms with E-state index in [4.69, 9.17) is 16.3 Å². The second-order valence-electron chi connectivity index (χ2n) is 6.79. The van der Waals surface area contributed by atoms with E-state index in [1.54, 1.807) is 11.3 Å². The number of nitrogens with one attached hydrogen (secondary N) is 1. The molecule has 0 bridgehead atoms. The van der Waals surface area contributed by atoms with Crippen LogP contribution in [0.15, 0.2) is 6.07 Å². The summed E-state index contributed by atoms with van der Waals surface area (Å²) in [6.07, 6.45) is -0.0292. The number of ether oxygens (including phenoxy) is 1. The zero-order valence-corrected chi connectivity index (χ0v) is 16.4. The van der Waals surface area contributed by atoms with Crippen molar-refractivity contribution in [1.29, 1.82) is 0 Å². The molecule has 2 aromatic rings. The number of hydrogen-bond donors (Lipinski definition) is 2. The van der Waals surface area contributed by atoms with Crippen LogP contribution in [0, 0.1) is 0 Å². The second kappa shape index (κ2) is 8.24. The molecule has 2 aromatic heterocycles. The quantitative estimate of drug-likeness (QED) is 0.693. The van der Waals surface area contributed by atoms with Crippen LogP contribution in [-0.2, 0) is 16.0 Å². The van der Waals surface area contributed by atoms with Gasteiger partial charge in [0.1, 0.15) is 0 Å². The number of carbonyl (C=O) groups excluding carboxylic acids is 1. The van der Waals surface area contributed by atoms with Crippen LogP contribution < -0.4 is 10.2 Å². The first-order chi connectivity index (χ1) is 13.1. The third-order valence-electron chi connectivity index (χ3n) is 4.71. The van der Waals surface area contributed by atoms with E-state index in [0.29, 0.717) is 39.3 Å². The Morgan fingerprint density at radius 3 is 2.93 bits per heavy atom. The van der Waals surface area contributed by atoms with E-state index in [1.807, 2.05) is 11.0 Å². The van der Waals surface area contributed by atoms with Gasteiger partial charge in [0, 0.05) is 44.0 Å². The van der Waals surface area contributed by atoms with Gasteiger partial charge in [-0.05, 0) is 17.7 Å². The molecule has 8 nitrogen and oxygen atoms in total. The van der Waals surface area contributed by atoms with Gasteiger partial charge in [0.05, 0.1) is 36.1 Å². The minimum absolute atomic E-state index is 0.00961. The lowest BCUT2D eigenvalue weighted by atomic mass is 10.2. The summed E-state index contributed by atoms with van der Waals surface area (Å²) in [4.78, 5) is 25.4. The summed E-state index contributed by atoms with van der Waals surface area (Å²) in [6.45, 7) is 5.09. The first kappa shape index (κ1) is 18.8. The largest absolute Gasteiger partial charge is 0.391 e. The number of morpholine rings is 1. The van der Waals surface area contributed by atoms with Crippen molar-refractivity contribution in [3.05, 3.63) is 16.2 Å². The van der Waals surface area contributed by atoms with Gasteiger partial charge in [-0.1, -0.05) is 0 Å². The van der Waals surface area contributed by atoms with E-state index < -0.39 is 6.10 Å². The summed E-state index contributed by atoms with van der Waals surface area (Å²) in [5.41, 5.74) is 0.807. The second-order valence-corrected chi connectivity index (χ2v) is 8.26. The van der Waals surface area contributed by atoms with Crippen LogP contribution >= 0.6 is 22.9 Å². The van der Waals surface area contributed by atoms with Crippen LogP contribution in [0.2, 0.25) is 5.28 Å². The predicted octanol–water partition coefficient (Wildman–Crippen LogP) is 0.516. The highest BCUT2D eigenvalue weighted by Crippen LogP contribution is 2.34. The lowest BCUT2D eigenvalue weighted by Crippen LogP contribution is -2.49. The molecule has 4 rings (SSSR count). The van der Waals surface area contributed by atoms with E-state index in [9.17, 15) is 9.90 Å². The third kappa shape index (κ3) is 4.49. The normalized spacial score (nSPS) is 20.1. The molecule has 2 aliphatic rings.